The maximum Gasteiger partial charge on any atom is 0.254 e. The highest BCUT2D eigenvalue weighted by atomic mass is 16.2. The molecule has 4 rings (SSSR count). The average Bonchev–Trinajstić information content (AvgIpc) is 3.25. The van der Waals surface area contributed by atoms with Crippen LogP contribution in [0.5, 0.6) is 0 Å². The normalized spacial score (nSPS) is 23.0. The van der Waals surface area contributed by atoms with E-state index in [4.69, 9.17) is 0 Å². The van der Waals surface area contributed by atoms with Gasteiger partial charge >= 0.3 is 0 Å². The Bertz CT molecular complexity index is 797. The number of rotatable bonds is 5. The van der Waals surface area contributed by atoms with Crippen molar-refractivity contribution in [2.24, 2.45) is 11.8 Å². The molecule has 0 aliphatic carbocycles. The summed E-state index contributed by atoms with van der Waals surface area (Å²) in [7, 11) is 0. The minimum atomic E-state index is 0.231. The molecule has 2 fully saturated rings. The summed E-state index contributed by atoms with van der Waals surface area (Å²) in [6.07, 6.45) is 1.20. The van der Waals surface area contributed by atoms with Gasteiger partial charge in [-0.1, -0.05) is 55.5 Å². The molecule has 3 atom stereocenters. The molecule has 2 aliphatic rings. The number of benzene rings is 2. The number of hydrogen-bond acceptors (Lipinski definition) is 2. The molecule has 2 unspecified atom stereocenters. The maximum absolute atomic E-state index is 13.1. The minimum absolute atomic E-state index is 0.231. The molecule has 2 aliphatic heterocycles. The molecule has 3 heteroatoms. The molecule has 2 aromatic carbocycles. The van der Waals surface area contributed by atoms with E-state index in [1.165, 1.54) is 12.0 Å². The van der Waals surface area contributed by atoms with E-state index >= 15 is 0 Å². The molecule has 28 heavy (non-hydrogen) atoms. The van der Waals surface area contributed by atoms with Gasteiger partial charge in [0.15, 0.2) is 0 Å². The molecule has 0 radical (unpaired) electrons. The molecule has 3 nitrogen and oxygen atoms in total. The van der Waals surface area contributed by atoms with Gasteiger partial charge in [0.1, 0.15) is 0 Å². The quantitative estimate of drug-likeness (QED) is 0.767. The zero-order chi connectivity index (χ0) is 19.7. The number of nitrogens with zero attached hydrogens (tertiary/aromatic N) is 2. The van der Waals surface area contributed by atoms with Gasteiger partial charge in [-0.15, -0.1) is 0 Å². The Morgan fingerprint density at radius 3 is 2.14 bits per heavy atom. The predicted octanol–water partition coefficient (Wildman–Crippen LogP) is 4.50. The lowest BCUT2D eigenvalue weighted by molar-refractivity contribution is 0.0772. The molecule has 2 heterocycles. The second-order valence-electron chi connectivity index (χ2n) is 8.86. The van der Waals surface area contributed by atoms with Gasteiger partial charge in [-0.25, -0.2) is 0 Å². The van der Waals surface area contributed by atoms with Crippen LogP contribution in [-0.4, -0.2) is 48.4 Å². The summed E-state index contributed by atoms with van der Waals surface area (Å²) in [5.74, 6) is 2.11. The number of carbonyl (C=O) groups is 1. The van der Waals surface area contributed by atoms with Gasteiger partial charge in [0.05, 0.1) is 0 Å². The summed E-state index contributed by atoms with van der Waals surface area (Å²) in [6.45, 7) is 11.7. The molecule has 0 aromatic heterocycles. The van der Waals surface area contributed by atoms with Crippen molar-refractivity contribution < 1.29 is 4.79 Å². The fraction of sp³-hybridized carbons (Fsp3) is 0.480. The first kappa shape index (κ1) is 19.2. The van der Waals surface area contributed by atoms with Crippen molar-refractivity contribution >= 4 is 5.91 Å². The first-order chi connectivity index (χ1) is 13.5. The topological polar surface area (TPSA) is 23.6 Å². The number of fused-ring (bicyclic) bond motifs is 1. The fourth-order valence-electron chi connectivity index (χ4n) is 5.07. The van der Waals surface area contributed by atoms with E-state index in [0.29, 0.717) is 17.8 Å². The van der Waals surface area contributed by atoms with Crippen molar-refractivity contribution in [2.75, 3.05) is 32.7 Å². The molecule has 0 bridgehead atoms. The van der Waals surface area contributed by atoms with Gasteiger partial charge < -0.3 is 9.80 Å². The fourth-order valence-corrected chi connectivity index (χ4v) is 5.07. The molecule has 2 aromatic rings. The van der Waals surface area contributed by atoms with Crippen LogP contribution in [0.25, 0.3) is 0 Å². The van der Waals surface area contributed by atoms with Gasteiger partial charge in [0, 0.05) is 31.7 Å². The van der Waals surface area contributed by atoms with E-state index in [1.54, 1.807) is 0 Å². The van der Waals surface area contributed by atoms with Crippen molar-refractivity contribution in [3.05, 3.63) is 70.8 Å². The van der Waals surface area contributed by atoms with Crippen LogP contribution in [0.15, 0.2) is 48.5 Å². The van der Waals surface area contributed by atoms with Gasteiger partial charge in [-0.05, 0) is 61.3 Å². The summed E-state index contributed by atoms with van der Waals surface area (Å²) in [5.41, 5.74) is 4.54. The monoisotopic (exact) mass is 376 g/mol. The average molecular weight is 377 g/mol. The lowest BCUT2D eigenvalue weighted by atomic mass is 9.98. The Hall–Kier alpha value is -2.13. The van der Waals surface area contributed by atoms with Gasteiger partial charge in [-0.3, -0.25) is 4.79 Å². The predicted molar refractivity (Wildman–Crippen MR) is 115 cm³/mol. The Morgan fingerprint density at radius 1 is 0.929 bits per heavy atom. The highest BCUT2D eigenvalue weighted by Gasteiger charge is 2.41. The minimum Gasteiger partial charge on any atom is -0.338 e. The Morgan fingerprint density at radius 2 is 1.54 bits per heavy atom. The summed E-state index contributed by atoms with van der Waals surface area (Å²) in [5, 5.41) is 0. The van der Waals surface area contributed by atoms with Crippen LogP contribution >= 0.6 is 0 Å². The van der Waals surface area contributed by atoms with Crippen LogP contribution in [-0.2, 0) is 0 Å². The van der Waals surface area contributed by atoms with E-state index in [2.05, 4.69) is 47.1 Å². The van der Waals surface area contributed by atoms with Gasteiger partial charge in [-0.2, -0.15) is 0 Å². The number of hydrogen-bond donors (Lipinski definition) is 0. The molecule has 2 saturated heterocycles. The standard InChI is InChI=1S/C25H32N2O/c1-18(21-10-5-4-6-11-21)12-13-26-14-22-16-27(17-23(22)15-26)25(28)24-19(2)8-7-9-20(24)3/h4-11,18,22-23H,12-17H2,1-3H3/t18-,22?,23?/m1/s1. The number of carbonyl (C=O) groups excluding carboxylic acids is 1. The van der Waals surface area contributed by atoms with E-state index < -0.39 is 0 Å². The third-order valence-electron chi connectivity index (χ3n) is 6.79. The first-order valence-corrected chi connectivity index (χ1v) is 10.7. The second kappa shape index (κ2) is 8.08. The molecule has 0 spiro atoms. The van der Waals surface area contributed by atoms with E-state index in [9.17, 15) is 4.79 Å². The molecular weight excluding hydrogens is 344 g/mol. The summed E-state index contributed by atoms with van der Waals surface area (Å²) in [6, 6.07) is 17.0. The van der Waals surface area contributed by atoms with Crippen molar-refractivity contribution in [1.29, 1.82) is 0 Å². The zero-order valence-electron chi connectivity index (χ0n) is 17.4. The zero-order valence-corrected chi connectivity index (χ0v) is 17.4. The van der Waals surface area contributed by atoms with Gasteiger partial charge in [0.2, 0.25) is 0 Å². The van der Waals surface area contributed by atoms with Crippen LogP contribution < -0.4 is 0 Å². The first-order valence-electron chi connectivity index (χ1n) is 10.7. The number of aryl methyl sites for hydroxylation is 2. The van der Waals surface area contributed by atoms with Crippen LogP contribution in [0.3, 0.4) is 0 Å². The summed E-state index contributed by atoms with van der Waals surface area (Å²) >= 11 is 0. The molecule has 0 saturated carbocycles. The largest absolute Gasteiger partial charge is 0.338 e. The molecule has 148 valence electrons. The van der Waals surface area contributed by atoms with Crippen molar-refractivity contribution in [1.82, 2.24) is 9.80 Å². The summed E-state index contributed by atoms with van der Waals surface area (Å²) < 4.78 is 0. The van der Waals surface area contributed by atoms with E-state index in [1.807, 2.05) is 32.0 Å². The smallest absolute Gasteiger partial charge is 0.254 e. The third kappa shape index (κ3) is 3.86. The highest BCUT2D eigenvalue weighted by molar-refractivity contribution is 5.97. The molecule has 1 amide bonds. The summed E-state index contributed by atoms with van der Waals surface area (Å²) in [4.78, 5) is 17.8. The highest BCUT2D eigenvalue weighted by Crippen LogP contribution is 2.33. The number of amides is 1. The van der Waals surface area contributed by atoms with Crippen molar-refractivity contribution in [3.63, 3.8) is 0 Å². The van der Waals surface area contributed by atoms with Crippen LogP contribution in [0.1, 0.15) is 46.3 Å². The molecule has 0 N–H and O–H groups in total. The molecular formula is C25H32N2O. The van der Waals surface area contributed by atoms with Gasteiger partial charge in [0.25, 0.3) is 5.91 Å². The maximum atomic E-state index is 13.1. The van der Waals surface area contributed by atoms with Crippen LogP contribution in [0.2, 0.25) is 0 Å². The van der Waals surface area contributed by atoms with Crippen LogP contribution in [0, 0.1) is 25.7 Å². The second-order valence-corrected chi connectivity index (χ2v) is 8.86. The van der Waals surface area contributed by atoms with Crippen LogP contribution in [0.4, 0.5) is 0 Å². The van der Waals surface area contributed by atoms with Crippen molar-refractivity contribution in [3.8, 4) is 0 Å². The number of likely N-dealkylation sites (tertiary alicyclic amines) is 2. The Labute approximate surface area is 169 Å². The Balaban J connectivity index is 1.31. The van der Waals surface area contributed by atoms with E-state index in [0.717, 1.165) is 49.4 Å². The third-order valence-corrected chi connectivity index (χ3v) is 6.79. The van der Waals surface area contributed by atoms with Crippen molar-refractivity contribution in [2.45, 2.75) is 33.1 Å². The SMILES string of the molecule is Cc1cccc(C)c1C(=O)N1CC2CN(CC[C@@H](C)c3ccccc3)CC2C1. The van der Waals surface area contributed by atoms with E-state index in [-0.39, 0.29) is 5.91 Å². The Kier molecular flexibility index (Phi) is 5.54. The lowest BCUT2D eigenvalue weighted by Gasteiger charge is -2.24. The lowest BCUT2D eigenvalue weighted by Crippen LogP contribution is -2.34.